The summed E-state index contributed by atoms with van der Waals surface area (Å²) in [6.45, 7) is 7.80. The lowest BCUT2D eigenvalue weighted by atomic mass is 10.2. The second kappa shape index (κ2) is 14.8. The maximum Gasteiger partial charge on any atom is 0.394 e. The smallest absolute Gasteiger partial charge is 0.394 e. The van der Waals surface area contributed by atoms with Crippen molar-refractivity contribution in [1.82, 2.24) is 20.2 Å². The second-order valence-electron chi connectivity index (χ2n) is 5.81. The molecule has 0 aliphatic heterocycles. The highest BCUT2D eigenvalue weighted by Crippen LogP contribution is 2.04. The van der Waals surface area contributed by atoms with Crippen molar-refractivity contribution in [3.05, 3.63) is 54.1 Å². The molecule has 2 amide bonds. The van der Waals surface area contributed by atoms with E-state index in [1.165, 1.54) is 18.6 Å². The number of amides is 2. The van der Waals surface area contributed by atoms with Crippen molar-refractivity contribution in [3.8, 4) is 0 Å². The Morgan fingerprint density at radius 2 is 1.65 bits per heavy atom. The Labute approximate surface area is 181 Å². The Morgan fingerprint density at radius 3 is 2.03 bits per heavy atom. The Morgan fingerprint density at radius 1 is 1.10 bits per heavy atom. The minimum Gasteiger partial charge on any atom is -0.399 e. The van der Waals surface area contributed by atoms with Gasteiger partial charge in [-0.05, 0) is 37.4 Å². The van der Waals surface area contributed by atoms with Crippen LogP contribution < -0.4 is 16.8 Å². The van der Waals surface area contributed by atoms with E-state index in [1.807, 2.05) is 0 Å². The fourth-order valence-corrected chi connectivity index (χ4v) is 2.03. The van der Waals surface area contributed by atoms with Crippen LogP contribution in [-0.2, 0) is 10.4 Å². The lowest BCUT2D eigenvalue weighted by Gasteiger charge is -2.17. The number of rotatable bonds is 7. The van der Waals surface area contributed by atoms with Crippen molar-refractivity contribution in [3.63, 3.8) is 0 Å². The van der Waals surface area contributed by atoms with Gasteiger partial charge in [0.15, 0.2) is 0 Å². The van der Waals surface area contributed by atoms with Crippen molar-refractivity contribution in [2.75, 3.05) is 31.9 Å². The number of nitrogens with two attached hydrogens (primary N) is 2. The van der Waals surface area contributed by atoms with E-state index < -0.39 is 16.3 Å². The first kappa shape index (κ1) is 27.9. The van der Waals surface area contributed by atoms with E-state index in [9.17, 15) is 9.59 Å². The minimum absolute atomic E-state index is 0.0443. The topological polar surface area (TPSA) is 202 Å². The van der Waals surface area contributed by atoms with Crippen LogP contribution in [0.15, 0.2) is 42.9 Å². The van der Waals surface area contributed by atoms with E-state index >= 15 is 0 Å². The van der Waals surface area contributed by atoms with Gasteiger partial charge in [0.2, 0.25) is 0 Å². The molecular formula is C18H28N6O6S. The predicted octanol–water partition coefficient (Wildman–Crippen LogP) is 0.263. The molecule has 0 bridgehead atoms. The predicted molar refractivity (Wildman–Crippen MR) is 116 cm³/mol. The molecule has 2 rings (SSSR count). The SMILES string of the molecule is CCN(CC)CCNC(=O)c1ccc(N)cc1.NC(=O)c1cnccn1.O=S(=O)(O)O. The molecule has 1 aromatic carbocycles. The standard InChI is InChI=1S/C13H21N3O.C5H5N3O.H2O4S/c1-3-16(4-2)10-9-15-13(17)11-5-7-12(14)8-6-11;6-5(9)4-3-7-1-2-8-4;1-5(2,3)4/h5-8H,3-4,9-10,14H2,1-2H3,(H,15,17);1-3H,(H2,6,9);(H2,1,2,3,4). The molecule has 0 fully saturated rings. The second-order valence-corrected chi connectivity index (χ2v) is 6.70. The van der Waals surface area contributed by atoms with Crippen molar-refractivity contribution in [2.24, 2.45) is 5.73 Å². The first-order valence-corrected chi connectivity index (χ1v) is 10.5. The van der Waals surface area contributed by atoms with Gasteiger partial charge in [0, 0.05) is 36.7 Å². The third kappa shape index (κ3) is 15.4. The Hall–Kier alpha value is -3.13. The van der Waals surface area contributed by atoms with Crippen molar-refractivity contribution >= 4 is 27.9 Å². The van der Waals surface area contributed by atoms with Gasteiger partial charge in [-0.1, -0.05) is 13.8 Å². The van der Waals surface area contributed by atoms with E-state index in [-0.39, 0.29) is 11.6 Å². The zero-order valence-electron chi connectivity index (χ0n) is 17.3. The monoisotopic (exact) mass is 456 g/mol. The number of carbonyl (C=O) groups is 2. The molecule has 0 aliphatic rings. The maximum absolute atomic E-state index is 11.7. The molecule has 0 aliphatic carbocycles. The molecule has 1 aromatic heterocycles. The fourth-order valence-electron chi connectivity index (χ4n) is 2.03. The minimum atomic E-state index is -4.67. The summed E-state index contributed by atoms with van der Waals surface area (Å²) in [5.41, 5.74) is 12.0. The summed E-state index contributed by atoms with van der Waals surface area (Å²) in [4.78, 5) is 31.6. The molecule has 0 radical (unpaired) electrons. The maximum atomic E-state index is 11.7. The number of primary amides is 1. The lowest BCUT2D eigenvalue weighted by Crippen LogP contribution is -2.34. The number of nitrogens with zero attached hydrogens (tertiary/aromatic N) is 3. The van der Waals surface area contributed by atoms with Gasteiger partial charge in [0.05, 0.1) is 6.20 Å². The Kier molecular flexibility index (Phi) is 13.3. The van der Waals surface area contributed by atoms with Crippen molar-refractivity contribution < 1.29 is 27.1 Å². The first-order chi connectivity index (χ1) is 14.5. The quantitative estimate of drug-likeness (QED) is 0.284. The zero-order chi connectivity index (χ0) is 23.9. The fraction of sp³-hybridized carbons (Fsp3) is 0.333. The number of benzene rings is 1. The highest BCUT2D eigenvalue weighted by Gasteiger charge is 2.05. The van der Waals surface area contributed by atoms with E-state index in [1.54, 1.807) is 24.3 Å². The average molecular weight is 457 g/mol. The van der Waals surface area contributed by atoms with E-state index in [4.69, 9.17) is 29.0 Å². The highest BCUT2D eigenvalue weighted by atomic mass is 32.3. The van der Waals surface area contributed by atoms with Gasteiger partial charge in [0.25, 0.3) is 11.8 Å². The number of likely N-dealkylation sites (N-methyl/N-ethyl adjacent to an activating group) is 1. The number of nitrogens with one attached hydrogen (secondary N) is 1. The summed E-state index contributed by atoms with van der Waals surface area (Å²) in [6.07, 6.45) is 4.22. The largest absolute Gasteiger partial charge is 0.399 e. The van der Waals surface area contributed by atoms with E-state index in [0.29, 0.717) is 17.8 Å². The van der Waals surface area contributed by atoms with E-state index in [2.05, 4.69) is 34.0 Å². The van der Waals surface area contributed by atoms with Gasteiger partial charge in [-0.25, -0.2) is 4.98 Å². The normalized spacial score (nSPS) is 10.2. The number of aromatic nitrogens is 2. The molecule has 0 saturated carbocycles. The number of carbonyl (C=O) groups excluding carboxylic acids is 2. The third-order valence-electron chi connectivity index (χ3n) is 3.60. The Balaban J connectivity index is 0.000000533. The van der Waals surface area contributed by atoms with Crippen LogP contribution in [0.25, 0.3) is 0 Å². The molecule has 0 atom stereocenters. The first-order valence-electron chi connectivity index (χ1n) is 9.09. The van der Waals surface area contributed by atoms with Crippen LogP contribution in [0.1, 0.15) is 34.7 Å². The summed E-state index contributed by atoms with van der Waals surface area (Å²) in [5, 5.41) is 2.90. The van der Waals surface area contributed by atoms with Crippen LogP contribution in [0.3, 0.4) is 0 Å². The molecular weight excluding hydrogens is 428 g/mol. The van der Waals surface area contributed by atoms with Crippen LogP contribution in [0.4, 0.5) is 5.69 Å². The number of hydrogen-bond donors (Lipinski definition) is 5. The summed E-state index contributed by atoms with van der Waals surface area (Å²) in [7, 11) is -4.67. The van der Waals surface area contributed by atoms with E-state index in [0.717, 1.165) is 19.6 Å². The average Bonchev–Trinajstić information content (AvgIpc) is 2.71. The molecule has 0 saturated heterocycles. The number of hydrogen-bond acceptors (Lipinski definition) is 8. The Bertz CT molecular complexity index is 882. The highest BCUT2D eigenvalue weighted by molar-refractivity contribution is 7.79. The number of anilines is 1. The lowest BCUT2D eigenvalue weighted by molar-refractivity contribution is 0.0947. The molecule has 0 spiro atoms. The summed E-state index contributed by atoms with van der Waals surface area (Å²) < 4.78 is 31.6. The van der Waals surface area contributed by atoms with Crippen LogP contribution in [0.2, 0.25) is 0 Å². The van der Waals surface area contributed by atoms with Crippen molar-refractivity contribution in [1.29, 1.82) is 0 Å². The summed E-state index contributed by atoms with van der Waals surface area (Å²) in [5.74, 6) is -0.597. The van der Waals surface area contributed by atoms with Gasteiger partial charge >= 0.3 is 10.4 Å². The zero-order valence-corrected chi connectivity index (χ0v) is 18.1. The molecule has 12 nitrogen and oxygen atoms in total. The number of nitrogen functional groups attached to an aromatic ring is 1. The molecule has 7 N–H and O–H groups in total. The molecule has 1 heterocycles. The van der Waals surface area contributed by atoms with Crippen LogP contribution in [-0.4, -0.2) is 70.4 Å². The van der Waals surface area contributed by atoms with Crippen LogP contribution >= 0.6 is 0 Å². The van der Waals surface area contributed by atoms with Gasteiger partial charge in [0.1, 0.15) is 5.69 Å². The molecule has 13 heteroatoms. The van der Waals surface area contributed by atoms with Gasteiger partial charge in [-0.2, -0.15) is 8.42 Å². The van der Waals surface area contributed by atoms with Gasteiger partial charge in [-0.3, -0.25) is 23.7 Å². The molecule has 172 valence electrons. The third-order valence-corrected chi connectivity index (χ3v) is 3.60. The van der Waals surface area contributed by atoms with Gasteiger partial charge in [-0.15, -0.1) is 0 Å². The van der Waals surface area contributed by atoms with Crippen LogP contribution in [0.5, 0.6) is 0 Å². The van der Waals surface area contributed by atoms with Crippen LogP contribution in [0, 0.1) is 0 Å². The van der Waals surface area contributed by atoms with Crippen molar-refractivity contribution in [2.45, 2.75) is 13.8 Å². The van der Waals surface area contributed by atoms with Gasteiger partial charge < -0.3 is 21.7 Å². The summed E-state index contributed by atoms with van der Waals surface area (Å²) in [6, 6.07) is 6.95. The molecule has 0 unspecified atom stereocenters. The molecule has 31 heavy (non-hydrogen) atoms. The summed E-state index contributed by atoms with van der Waals surface area (Å²) >= 11 is 0. The molecule has 2 aromatic rings.